The molecule has 1 aromatic carbocycles. The quantitative estimate of drug-likeness (QED) is 0.804. The van der Waals surface area contributed by atoms with Gasteiger partial charge in [0.05, 0.1) is 0 Å². The van der Waals surface area contributed by atoms with E-state index in [1.54, 1.807) is 6.07 Å². The normalized spacial score (nSPS) is 11.8. The molecule has 0 aromatic heterocycles. The van der Waals surface area contributed by atoms with Crippen molar-refractivity contribution in [2.75, 3.05) is 0 Å². The van der Waals surface area contributed by atoms with Gasteiger partial charge in [-0.2, -0.15) is 21.9 Å². The Morgan fingerprint density at radius 1 is 1.38 bits per heavy atom. The van der Waals surface area contributed by atoms with Gasteiger partial charge in [-0.05, 0) is 6.07 Å². The molecule has 0 radical (unpaired) electrons. The van der Waals surface area contributed by atoms with Gasteiger partial charge in [0.1, 0.15) is 5.75 Å². The van der Waals surface area contributed by atoms with E-state index in [-0.39, 0.29) is 17.9 Å². The summed E-state index contributed by atoms with van der Waals surface area (Å²) in [5.74, 6) is -0.0892. The second-order valence-electron chi connectivity index (χ2n) is 2.85. The van der Waals surface area contributed by atoms with Crippen LogP contribution in [-0.2, 0) is 16.8 Å². The number of para-hydroxylation sites is 1. The van der Waals surface area contributed by atoms with Crippen LogP contribution in [0.4, 0.5) is 8.78 Å². The molecule has 0 saturated heterocycles. The number of nitrogens with one attached hydrogen (secondary N) is 1. The number of nitrogens with two attached hydrogens (primary N) is 1. The molecular weight excluding hydrogens is 242 g/mol. The Bertz CT molecular complexity index is 450. The fourth-order valence-corrected chi connectivity index (χ4v) is 1.40. The molecule has 0 amide bonds. The molecule has 0 aliphatic heterocycles. The number of alkyl halides is 2. The van der Waals surface area contributed by atoms with Gasteiger partial charge in [-0.3, -0.25) is 0 Å². The van der Waals surface area contributed by atoms with E-state index in [0.717, 1.165) is 0 Å². The molecule has 16 heavy (non-hydrogen) atoms. The van der Waals surface area contributed by atoms with Gasteiger partial charge in [0, 0.05) is 12.1 Å². The highest BCUT2D eigenvalue weighted by Gasteiger charge is 2.10. The summed E-state index contributed by atoms with van der Waals surface area (Å²) < 4.78 is 51.4. The first-order valence-electron chi connectivity index (χ1n) is 4.18. The van der Waals surface area contributed by atoms with Gasteiger partial charge in [0.2, 0.25) is 0 Å². The van der Waals surface area contributed by atoms with Crippen LogP contribution >= 0.6 is 0 Å². The summed E-state index contributed by atoms with van der Waals surface area (Å²) in [7, 11) is -3.86. The summed E-state index contributed by atoms with van der Waals surface area (Å²) in [5.41, 5.74) is 0.275. The lowest BCUT2D eigenvalue weighted by Crippen LogP contribution is -2.30. The summed E-state index contributed by atoms with van der Waals surface area (Å²) in [6.07, 6.45) is 0. The van der Waals surface area contributed by atoms with Crippen LogP contribution in [0, 0.1) is 0 Å². The van der Waals surface area contributed by atoms with Crippen molar-refractivity contribution in [3.63, 3.8) is 0 Å². The minimum absolute atomic E-state index is 0.0892. The van der Waals surface area contributed by atoms with Gasteiger partial charge in [-0.25, -0.2) is 5.14 Å². The zero-order valence-corrected chi connectivity index (χ0v) is 8.88. The van der Waals surface area contributed by atoms with Crippen LogP contribution in [0.2, 0.25) is 0 Å². The van der Waals surface area contributed by atoms with Crippen molar-refractivity contribution in [1.29, 1.82) is 0 Å². The highest BCUT2D eigenvalue weighted by Crippen LogP contribution is 2.19. The Kier molecular flexibility index (Phi) is 4.16. The van der Waals surface area contributed by atoms with Gasteiger partial charge in [0.25, 0.3) is 10.2 Å². The molecule has 0 heterocycles. The van der Waals surface area contributed by atoms with Crippen LogP contribution in [0.15, 0.2) is 24.3 Å². The number of benzene rings is 1. The zero-order chi connectivity index (χ0) is 12.2. The van der Waals surface area contributed by atoms with E-state index in [2.05, 4.69) is 4.74 Å². The lowest BCUT2D eigenvalue weighted by molar-refractivity contribution is -0.0504. The Labute approximate surface area is 91.4 Å². The number of rotatable bonds is 5. The predicted molar refractivity (Wildman–Crippen MR) is 53.0 cm³/mol. The molecule has 0 spiro atoms. The van der Waals surface area contributed by atoms with Crippen molar-refractivity contribution in [3.8, 4) is 5.75 Å². The molecule has 1 aromatic rings. The van der Waals surface area contributed by atoms with Gasteiger partial charge in [0.15, 0.2) is 0 Å². The van der Waals surface area contributed by atoms with Crippen molar-refractivity contribution >= 4 is 10.2 Å². The van der Waals surface area contributed by atoms with Crippen molar-refractivity contribution in [3.05, 3.63) is 29.8 Å². The Morgan fingerprint density at radius 3 is 2.56 bits per heavy atom. The fourth-order valence-electron chi connectivity index (χ4n) is 1.04. The molecular formula is C8H10F2N2O3S. The second-order valence-corrected chi connectivity index (χ2v) is 4.23. The van der Waals surface area contributed by atoms with Crippen molar-refractivity contribution < 1.29 is 21.9 Å². The summed E-state index contributed by atoms with van der Waals surface area (Å²) in [5, 5.41) is 4.71. The monoisotopic (exact) mass is 252 g/mol. The Morgan fingerprint density at radius 2 is 2.00 bits per heavy atom. The van der Waals surface area contributed by atoms with Crippen LogP contribution in [0.1, 0.15) is 5.56 Å². The smallest absolute Gasteiger partial charge is 0.387 e. The number of hydrogen-bond acceptors (Lipinski definition) is 3. The van der Waals surface area contributed by atoms with Crippen LogP contribution in [-0.4, -0.2) is 15.0 Å². The average molecular weight is 252 g/mol. The Hall–Kier alpha value is -1.25. The maximum absolute atomic E-state index is 12.0. The van der Waals surface area contributed by atoms with Crippen LogP contribution < -0.4 is 14.6 Å². The van der Waals surface area contributed by atoms with Crippen LogP contribution in [0.25, 0.3) is 0 Å². The van der Waals surface area contributed by atoms with E-state index >= 15 is 0 Å². The average Bonchev–Trinajstić information content (AvgIpc) is 2.14. The van der Waals surface area contributed by atoms with Crippen molar-refractivity contribution in [1.82, 2.24) is 4.72 Å². The van der Waals surface area contributed by atoms with Crippen molar-refractivity contribution in [2.24, 2.45) is 5.14 Å². The van der Waals surface area contributed by atoms with Crippen LogP contribution in [0.3, 0.4) is 0 Å². The molecule has 0 aliphatic rings. The first-order chi connectivity index (χ1) is 7.38. The minimum atomic E-state index is -3.86. The number of hydrogen-bond donors (Lipinski definition) is 2. The molecule has 0 atom stereocenters. The topological polar surface area (TPSA) is 81.4 Å². The maximum Gasteiger partial charge on any atom is 0.387 e. The first-order valence-corrected chi connectivity index (χ1v) is 5.73. The molecule has 0 fully saturated rings. The first kappa shape index (κ1) is 12.8. The van der Waals surface area contributed by atoms with Gasteiger partial charge >= 0.3 is 6.61 Å². The Balaban J connectivity index is 2.79. The van der Waals surface area contributed by atoms with Gasteiger partial charge in [-0.15, -0.1) is 0 Å². The van der Waals surface area contributed by atoms with E-state index in [9.17, 15) is 17.2 Å². The standard InChI is InChI=1S/C8H10F2N2O3S/c9-8(10)15-7-4-2-1-3-6(7)5-12-16(11,13)14/h1-4,8,12H,5H2,(H2,11,13,14). The van der Waals surface area contributed by atoms with Gasteiger partial charge < -0.3 is 4.74 Å². The van der Waals surface area contributed by atoms with E-state index in [1.165, 1.54) is 18.2 Å². The second kappa shape index (κ2) is 5.19. The molecule has 8 heteroatoms. The van der Waals surface area contributed by atoms with Crippen molar-refractivity contribution in [2.45, 2.75) is 13.2 Å². The third-order valence-corrected chi connectivity index (χ3v) is 2.20. The minimum Gasteiger partial charge on any atom is -0.434 e. The van der Waals surface area contributed by atoms with E-state index < -0.39 is 16.8 Å². The lowest BCUT2D eigenvalue weighted by Gasteiger charge is -2.10. The predicted octanol–water partition coefficient (Wildman–Crippen LogP) is 0.581. The third-order valence-electron chi connectivity index (χ3n) is 1.65. The highest BCUT2D eigenvalue weighted by atomic mass is 32.2. The molecule has 0 aliphatic carbocycles. The van der Waals surface area contributed by atoms with E-state index in [4.69, 9.17) is 5.14 Å². The van der Waals surface area contributed by atoms with Crippen LogP contribution in [0.5, 0.6) is 5.75 Å². The molecule has 3 N–H and O–H groups in total. The molecule has 0 saturated carbocycles. The molecule has 0 unspecified atom stereocenters. The number of halogens is 2. The summed E-state index contributed by atoms with van der Waals surface area (Å²) in [6, 6.07) is 5.83. The lowest BCUT2D eigenvalue weighted by atomic mass is 10.2. The zero-order valence-electron chi connectivity index (χ0n) is 8.06. The highest BCUT2D eigenvalue weighted by molar-refractivity contribution is 7.87. The molecule has 0 bridgehead atoms. The largest absolute Gasteiger partial charge is 0.434 e. The SMILES string of the molecule is NS(=O)(=O)NCc1ccccc1OC(F)F. The molecule has 90 valence electrons. The van der Waals surface area contributed by atoms with E-state index in [0.29, 0.717) is 0 Å². The number of ether oxygens (including phenoxy) is 1. The van der Waals surface area contributed by atoms with Gasteiger partial charge in [-0.1, -0.05) is 18.2 Å². The molecule has 5 nitrogen and oxygen atoms in total. The summed E-state index contributed by atoms with van der Waals surface area (Å²) in [6.45, 7) is -3.17. The fraction of sp³-hybridized carbons (Fsp3) is 0.250. The third kappa shape index (κ3) is 4.51. The van der Waals surface area contributed by atoms with E-state index in [1.807, 2.05) is 4.72 Å². The summed E-state index contributed by atoms with van der Waals surface area (Å²) >= 11 is 0. The molecule has 1 rings (SSSR count). The summed E-state index contributed by atoms with van der Waals surface area (Å²) in [4.78, 5) is 0. The maximum atomic E-state index is 12.0.